The van der Waals surface area contributed by atoms with Crippen molar-refractivity contribution in [1.82, 2.24) is 14.9 Å². The summed E-state index contributed by atoms with van der Waals surface area (Å²) in [6.07, 6.45) is 4.23. The van der Waals surface area contributed by atoms with E-state index < -0.39 is 0 Å². The maximum absolute atomic E-state index is 13.9. The van der Waals surface area contributed by atoms with E-state index >= 15 is 0 Å². The summed E-state index contributed by atoms with van der Waals surface area (Å²) in [5.41, 5.74) is 3.35. The van der Waals surface area contributed by atoms with Crippen molar-refractivity contribution >= 4 is 22.4 Å². The smallest absolute Gasteiger partial charge is 0.141 e. The lowest BCUT2D eigenvalue weighted by molar-refractivity contribution is 0.140. The van der Waals surface area contributed by atoms with Crippen LogP contribution in [0.3, 0.4) is 0 Å². The van der Waals surface area contributed by atoms with Gasteiger partial charge in [0.05, 0.1) is 18.7 Å². The number of benzene rings is 2. The number of ether oxygens (including phenoxy) is 2. The lowest BCUT2D eigenvalue weighted by Gasteiger charge is -2.19. The van der Waals surface area contributed by atoms with Gasteiger partial charge >= 0.3 is 0 Å². The largest absolute Gasteiger partial charge is 0.493 e. The number of halogens is 1. The Bertz CT molecular complexity index is 1050. The van der Waals surface area contributed by atoms with Gasteiger partial charge in [0.2, 0.25) is 0 Å². The van der Waals surface area contributed by atoms with Gasteiger partial charge in [-0.25, -0.2) is 14.4 Å². The van der Waals surface area contributed by atoms with Crippen molar-refractivity contribution in [3.05, 3.63) is 53.6 Å². The van der Waals surface area contributed by atoms with Gasteiger partial charge in [-0.2, -0.15) is 0 Å². The highest BCUT2D eigenvalue weighted by Crippen LogP contribution is 2.30. The van der Waals surface area contributed by atoms with Crippen LogP contribution in [0.25, 0.3) is 10.9 Å². The van der Waals surface area contributed by atoms with Crippen LogP contribution < -0.4 is 10.1 Å². The van der Waals surface area contributed by atoms with Crippen molar-refractivity contribution in [1.29, 1.82) is 0 Å². The summed E-state index contributed by atoms with van der Waals surface area (Å²) >= 11 is 0. The van der Waals surface area contributed by atoms with Gasteiger partial charge in [0.25, 0.3) is 0 Å². The summed E-state index contributed by atoms with van der Waals surface area (Å²) in [5.74, 6) is 1.32. The van der Waals surface area contributed by atoms with E-state index in [0.29, 0.717) is 24.4 Å². The van der Waals surface area contributed by atoms with E-state index in [-0.39, 0.29) is 5.82 Å². The number of rotatable bonds is 8. The molecule has 32 heavy (non-hydrogen) atoms. The van der Waals surface area contributed by atoms with Crippen LogP contribution in [0.15, 0.2) is 36.7 Å². The third-order valence-electron chi connectivity index (χ3n) is 5.81. The number of nitrogens with one attached hydrogen (secondary N) is 1. The molecule has 0 bridgehead atoms. The van der Waals surface area contributed by atoms with Crippen LogP contribution in [0.4, 0.5) is 15.9 Å². The minimum atomic E-state index is -0.190. The zero-order valence-corrected chi connectivity index (χ0v) is 18.9. The third-order valence-corrected chi connectivity index (χ3v) is 5.81. The highest BCUT2D eigenvalue weighted by atomic mass is 19.1. The van der Waals surface area contributed by atoms with Crippen LogP contribution >= 0.6 is 0 Å². The van der Waals surface area contributed by atoms with Crippen LogP contribution in [0, 0.1) is 12.7 Å². The SMILES string of the molecule is CCc1cc(Nc2ncnc3cc(C)c(OCCCN4CCCOCC4)cc23)ccc1F. The Morgan fingerprint density at radius 1 is 1.16 bits per heavy atom. The Labute approximate surface area is 188 Å². The van der Waals surface area contributed by atoms with Crippen molar-refractivity contribution in [3.8, 4) is 5.75 Å². The molecule has 6 nitrogen and oxygen atoms in total. The quantitative estimate of drug-likeness (QED) is 0.506. The first-order valence-corrected chi connectivity index (χ1v) is 11.4. The Hall–Kier alpha value is -2.77. The number of anilines is 2. The molecule has 0 radical (unpaired) electrons. The van der Waals surface area contributed by atoms with Gasteiger partial charge in [-0.05, 0) is 67.6 Å². The zero-order chi connectivity index (χ0) is 22.3. The Balaban J connectivity index is 1.46. The zero-order valence-electron chi connectivity index (χ0n) is 18.9. The summed E-state index contributed by atoms with van der Waals surface area (Å²) in [6, 6.07) is 9.05. The number of fused-ring (bicyclic) bond motifs is 1. The number of aryl methyl sites for hydroxylation is 2. The molecule has 0 aliphatic carbocycles. The standard InChI is InChI=1S/C25H31FN4O2/c1-3-19-15-20(6-7-22(19)26)29-25-21-16-24(18(2)14-23(21)27-17-28-25)32-12-5-9-30-8-4-11-31-13-10-30/h6-7,14-17H,3-5,8-13H2,1-2H3,(H,27,28,29). The van der Waals surface area contributed by atoms with Crippen molar-refractivity contribution in [2.24, 2.45) is 0 Å². The van der Waals surface area contributed by atoms with Crippen molar-refractivity contribution < 1.29 is 13.9 Å². The minimum Gasteiger partial charge on any atom is -0.493 e. The van der Waals surface area contributed by atoms with Crippen molar-refractivity contribution in [2.75, 3.05) is 44.8 Å². The topological polar surface area (TPSA) is 59.5 Å². The first kappa shape index (κ1) is 22.4. The second-order valence-corrected chi connectivity index (χ2v) is 8.15. The van der Waals surface area contributed by atoms with Crippen LogP contribution in [0.1, 0.15) is 30.9 Å². The molecule has 4 rings (SSSR count). The highest BCUT2D eigenvalue weighted by Gasteiger charge is 2.12. The second-order valence-electron chi connectivity index (χ2n) is 8.15. The van der Waals surface area contributed by atoms with E-state index in [1.807, 2.05) is 32.0 Å². The molecular weight excluding hydrogens is 407 g/mol. The fourth-order valence-electron chi connectivity index (χ4n) is 3.99. The van der Waals surface area contributed by atoms with Gasteiger partial charge in [0.15, 0.2) is 0 Å². The predicted octanol–water partition coefficient (Wildman–Crippen LogP) is 4.87. The van der Waals surface area contributed by atoms with E-state index in [1.165, 1.54) is 6.07 Å². The van der Waals surface area contributed by atoms with Crippen molar-refractivity contribution in [2.45, 2.75) is 33.1 Å². The minimum absolute atomic E-state index is 0.190. The molecule has 2 aromatic carbocycles. The third kappa shape index (κ3) is 5.53. The lowest BCUT2D eigenvalue weighted by Crippen LogP contribution is -2.28. The molecule has 2 heterocycles. The number of aromatic nitrogens is 2. The molecule has 3 aromatic rings. The van der Waals surface area contributed by atoms with Gasteiger partial charge in [0, 0.05) is 37.3 Å². The fraction of sp³-hybridized carbons (Fsp3) is 0.440. The molecule has 0 unspecified atom stereocenters. The Kier molecular flexibility index (Phi) is 7.50. The molecule has 0 saturated carbocycles. The Morgan fingerprint density at radius 3 is 2.94 bits per heavy atom. The molecule has 0 amide bonds. The van der Waals surface area contributed by atoms with Gasteiger partial charge < -0.3 is 19.7 Å². The van der Waals surface area contributed by atoms with E-state index in [4.69, 9.17) is 9.47 Å². The first-order valence-electron chi connectivity index (χ1n) is 11.4. The summed E-state index contributed by atoms with van der Waals surface area (Å²) in [7, 11) is 0. The van der Waals surface area contributed by atoms with Gasteiger partial charge in [-0.1, -0.05) is 6.92 Å². The molecular formula is C25H31FN4O2. The van der Waals surface area contributed by atoms with Crippen LogP contribution in [-0.2, 0) is 11.2 Å². The molecule has 170 valence electrons. The van der Waals surface area contributed by atoms with Gasteiger partial charge in [-0.15, -0.1) is 0 Å². The first-order chi connectivity index (χ1) is 15.6. The number of hydrogen-bond acceptors (Lipinski definition) is 6. The van der Waals surface area contributed by atoms with Gasteiger partial charge in [0.1, 0.15) is 23.7 Å². The molecule has 0 spiro atoms. The predicted molar refractivity (Wildman–Crippen MR) is 125 cm³/mol. The average molecular weight is 439 g/mol. The Morgan fingerprint density at radius 2 is 2.06 bits per heavy atom. The summed E-state index contributed by atoms with van der Waals surface area (Å²) in [4.78, 5) is 11.3. The molecule has 1 aromatic heterocycles. The summed E-state index contributed by atoms with van der Waals surface area (Å²) < 4.78 is 25.5. The summed E-state index contributed by atoms with van der Waals surface area (Å²) in [5, 5.41) is 4.20. The summed E-state index contributed by atoms with van der Waals surface area (Å²) in [6.45, 7) is 9.38. The molecule has 1 fully saturated rings. The molecule has 1 aliphatic rings. The molecule has 1 saturated heterocycles. The van der Waals surface area contributed by atoms with Crippen LogP contribution in [0.2, 0.25) is 0 Å². The average Bonchev–Trinajstić information content (AvgIpc) is 3.07. The second kappa shape index (κ2) is 10.7. The molecule has 0 atom stereocenters. The monoisotopic (exact) mass is 438 g/mol. The van der Waals surface area contributed by atoms with E-state index in [1.54, 1.807) is 12.4 Å². The maximum Gasteiger partial charge on any atom is 0.141 e. The highest BCUT2D eigenvalue weighted by molar-refractivity contribution is 5.92. The number of hydrogen-bond donors (Lipinski definition) is 1. The molecule has 1 aliphatic heterocycles. The maximum atomic E-state index is 13.9. The van der Waals surface area contributed by atoms with E-state index in [9.17, 15) is 4.39 Å². The number of nitrogens with zero attached hydrogens (tertiary/aromatic N) is 3. The van der Waals surface area contributed by atoms with E-state index in [2.05, 4.69) is 20.2 Å². The van der Waals surface area contributed by atoms with Crippen LogP contribution in [-0.4, -0.2) is 54.3 Å². The van der Waals surface area contributed by atoms with Crippen molar-refractivity contribution in [3.63, 3.8) is 0 Å². The lowest BCUT2D eigenvalue weighted by atomic mass is 10.1. The molecule has 7 heteroatoms. The normalized spacial score (nSPS) is 15.0. The van der Waals surface area contributed by atoms with E-state index in [0.717, 1.165) is 73.6 Å². The van der Waals surface area contributed by atoms with Crippen LogP contribution in [0.5, 0.6) is 5.75 Å². The van der Waals surface area contributed by atoms with Gasteiger partial charge in [-0.3, -0.25) is 0 Å². The molecule has 1 N–H and O–H groups in total. The fourth-order valence-corrected chi connectivity index (χ4v) is 3.99.